The van der Waals surface area contributed by atoms with Crippen molar-refractivity contribution in [3.8, 4) is 5.75 Å². The van der Waals surface area contributed by atoms with E-state index < -0.39 is 51.9 Å². The number of carbonyl (C=O) groups is 1. The average Bonchev–Trinajstić information content (AvgIpc) is 3.24. The number of benzene rings is 2. The highest BCUT2D eigenvalue weighted by molar-refractivity contribution is 6.33. The third-order valence-electron chi connectivity index (χ3n) is 8.67. The van der Waals surface area contributed by atoms with E-state index >= 15 is 8.78 Å². The number of carbonyl (C=O) groups excluding carboxylic acids is 1. The predicted molar refractivity (Wildman–Crippen MR) is 150 cm³/mol. The second-order valence-electron chi connectivity index (χ2n) is 12.0. The number of nitrogens with one attached hydrogen (secondary N) is 1. The highest BCUT2D eigenvalue weighted by atomic mass is 35.5. The molecule has 42 heavy (non-hydrogen) atoms. The standard InChI is InChI=1S/C31H33ClF4N2O4/c1-29(2,40)17-11-18(12-17)38-15-31(16-7-5-4-6-8-16)14-20-22(41-31)13-21(33)25(32)23(20)24-19(27(37)39)9-10-30(3,26(24)34)42-28(35)36/h4-10,13,17-18,26,28,38,40H,11-12,14-15H2,1-3H3,(H2,37,39)/t17?,18?,26?,30?,31-/m1/s1. The molecule has 2 aromatic rings. The van der Waals surface area contributed by atoms with E-state index in [4.69, 9.17) is 22.1 Å². The summed E-state index contributed by atoms with van der Waals surface area (Å²) in [6.45, 7) is 1.60. The fourth-order valence-corrected chi connectivity index (χ4v) is 6.38. The van der Waals surface area contributed by atoms with E-state index in [1.165, 1.54) is 0 Å². The summed E-state index contributed by atoms with van der Waals surface area (Å²) in [7, 11) is 0. The Bertz CT molecular complexity index is 1440. The molecule has 2 aromatic carbocycles. The summed E-state index contributed by atoms with van der Waals surface area (Å²) < 4.78 is 69.3. The Labute approximate surface area is 246 Å². The minimum atomic E-state index is -3.33. The molecule has 3 aliphatic rings. The molecule has 4 N–H and O–H groups in total. The molecule has 1 amide bonds. The lowest BCUT2D eigenvalue weighted by Gasteiger charge is -2.44. The van der Waals surface area contributed by atoms with E-state index in [2.05, 4.69) is 10.1 Å². The van der Waals surface area contributed by atoms with E-state index in [0.29, 0.717) is 5.56 Å². The van der Waals surface area contributed by atoms with Gasteiger partial charge >= 0.3 is 6.61 Å². The van der Waals surface area contributed by atoms with E-state index in [1.54, 1.807) is 13.8 Å². The highest BCUT2D eigenvalue weighted by Gasteiger charge is 2.49. The Hall–Kier alpha value is -2.92. The van der Waals surface area contributed by atoms with Crippen LogP contribution < -0.4 is 15.8 Å². The molecule has 5 rings (SSSR count). The summed E-state index contributed by atoms with van der Waals surface area (Å²) >= 11 is 6.47. The van der Waals surface area contributed by atoms with Crippen molar-refractivity contribution in [2.75, 3.05) is 6.54 Å². The number of nitrogens with two attached hydrogens (primary N) is 1. The van der Waals surface area contributed by atoms with Crippen LogP contribution >= 0.6 is 11.6 Å². The van der Waals surface area contributed by atoms with Crippen LogP contribution in [0, 0.1) is 11.7 Å². The zero-order valence-electron chi connectivity index (χ0n) is 23.4. The lowest BCUT2D eigenvalue weighted by atomic mass is 9.71. The first-order valence-electron chi connectivity index (χ1n) is 13.7. The van der Waals surface area contributed by atoms with Gasteiger partial charge in [0.1, 0.15) is 17.2 Å². The van der Waals surface area contributed by atoms with Gasteiger partial charge in [0.15, 0.2) is 11.8 Å². The van der Waals surface area contributed by atoms with E-state index in [1.807, 2.05) is 30.3 Å². The summed E-state index contributed by atoms with van der Waals surface area (Å²) in [5, 5.41) is 13.3. The van der Waals surface area contributed by atoms with Crippen LogP contribution in [-0.4, -0.2) is 47.6 Å². The molecule has 1 heterocycles. The molecule has 3 atom stereocenters. The molecule has 0 radical (unpaired) electrons. The van der Waals surface area contributed by atoms with Crippen molar-refractivity contribution >= 4 is 23.1 Å². The van der Waals surface area contributed by atoms with Crippen molar-refractivity contribution in [3.63, 3.8) is 0 Å². The maximum absolute atomic E-state index is 16.3. The van der Waals surface area contributed by atoms with Gasteiger partial charge in [-0.3, -0.25) is 4.79 Å². The maximum Gasteiger partial charge on any atom is 0.346 e. The zero-order chi connectivity index (χ0) is 30.6. The number of hydrogen-bond donors (Lipinski definition) is 3. The topological polar surface area (TPSA) is 93.8 Å². The van der Waals surface area contributed by atoms with E-state index in [9.17, 15) is 18.7 Å². The third kappa shape index (κ3) is 5.45. The van der Waals surface area contributed by atoms with Crippen LogP contribution in [0.4, 0.5) is 17.6 Å². The van der Waals surface area contributed by atoms with Gasteiger partial charge in [-0.25, -0.2) is 8.78 Å². The van der Waals surface area contributed by atoms with Crippen LogP contribution in [0.2, 0.25) is 5.02 Å². The lowest BCUT2D eigenvalue weighted by molar-refractivity contribution is -0.198. The fraction of sp³-hybridized carbons (Fsp3) is 0.452. The number of rotatable bonds is 9. The first kappa shape index (κ1) is 30.5. The normalized spacial score (nSPS) is 29.0. The number of aliphatic hydroxyl groups is 1. The van der Waals surface area contributed by atoms with Gasteiger partial charge in [-0.05, 0) is 51.2 Å². The number of alkyl halides is 3. The van der Waals surface area contributed by atoms with Crippen molar-refractivity contribution in [1.29, 1.82) is 0 Å². The van der Waals surface area contributed by atoms with Crippen LogP contribution in [0.5, 0.6) is 5.75 Å². The van der Waals surface area contributed by atoms with Crippen molar-refractivity contribution in [2.45, 2.75) is 75.7 Å². The molecule has 2 aliphatic carbocycles. The molecule has 0 aromatic heterocycles. The molecule has 1 aliphatic heterocycles. The maximum atomic E-state index is 16.3. The molecule has 2 unspecified atom stereocenters. The third-order valence-corrected chi connectivity index (χ3v) is 9.04. The van der Waals surface area contributed by atoms with Gasteiger partial charge in [-0.15, -0.1) is 0 Å². The van der Waals surface area contributed by atoms with E-state index in [-0.39, 0.29) is 41.8 Å². The van der Waals surface area contributed by atoms with Crippen LogP contribution in [-0.2, 0) is 21.6 Å². The molecular formula is C31H33ClF4N2O4. The predicted octanol–water partition coefficient (Wildman–Crippen LogP) is 5.59. The lowest BCUT2D eigenvalue weighted by Crippen LogP contribution is -2.53. The minimum Gasteiger partial charge on any atom is -0.480 e. The summed E-state index contributed by atoms with van der Waals surface area (Å²) in [6, 6.07) is 10.4. The Morgan fingerprint density at radius 2 is 1.95 bits per heavy atom. The average molecular weight is 609 g/mol. The molecule has 6 nitrogen and oxygen atoms in total. The Balaban J connectivity index is 1.58. The monoisotopic (exact) mass is 608 g/mol. The van der Waals surface area contributed by atoms with E-state index in [0.717, 1.165) is 43.5 Å². The summed E-state index contributed by atoms with van der Waals surface area (Å²) in [6.07, 6.45) is 1.34. The first-order chi connectivity index (χ1) is 19.6. The van der Waals surface area contributed by atoms with Gasteiger partial charge < -0.3 is 25.6 Å². The van der Waals surface area contributed by atoms with Gasteiger partial charge in [-0.2, -0.15) is 8.78 Å². The summed E-state index contributed by atoms with van der Waals surface area (Å²) in [4.78, 5) is 12.4. The van der Waals surface area contributed by atoms with Gasteiger partial charge in [0.25, 0.3) is 0 Å². The highest BCUT2D eigenvalue weighted by Crippen LogP contribution is 2.51. The van der Waals surface area contributed by atoms with Gasteiger partial charge in [0.05, 0.1) is 10.6 Å². The molecule has 11 heteroatoms. The summed E-state index contributed by atoms with van der Waals surface area (Å²) in [5.74, 6) is -1.77. The van der Waals surface area contributed by atoms with Crippen LogP contribution in [0.25, 0.3) is 5.57 Å². The molecule has 1 saturated carbocycles. The second kappa shape index (κ2) is 11.0. The van der Waals surface area contributed by atoms with Crippen LogP contribution in [0.3, 0.4) is 0 Å². The summed E-state index contributed by atoms with van der Waals surface area (Å²) in [5.41, 5.74) is 1.60. The number of ether oxygens (including phenoxy) is 2. The number of halogens is 5. The number of hydrogen-bond acceptors (Lipinski definition) is 5. The van der Waals surface area contributed by atoms with Gasteiger partial charge in [-0.1, -0.05) is 48.0 Å². The van der Waals surface area contributed by atoms with Crippen molar-refractivity contribution in [2.24, 2.45) is 11.7 Å². The second-order valence-corrected chi connectivity index (χ2v) is 12.4. The van der Waals surface area contributed by atoms with Crippen molar-refractivity contribution < 1.29 is 36.9 Å². The largest absolute Gasteiger partial charge is 0.480 e. The smallest absolute Gasteiger partial charge is 0.346 e. The quantitative estimate of drug-likeness (QED) is 0.323. The minimum absolute atomic E-state index is 0.0788. The Morgan fingerprint density at radius 3 is 2.55 bits per heavy atom. The molecule has 1 fully saturated rings. The van der Waals surface area contributed by atoms with Gasteiger partial charge in [0, 0.05) is 47.3 Å². The molecule has 0 bridgehead atoms. The number of amides is 1. The number of fused-ring (bicyclic) bond motifs is 1. The molecule has 0 spiro atoms. The van der Waals surface area contributed by atoms with Crippen LogP contribution in [0.15, 0.2) is 54.1 Å². The Morgan fingerprint density at radius 1 is 1.29 bits per heavy atom. The fourth-order valence-electron chi connectivity index (χ4n) is 6.11. The molecule has 0 saturated heterocycles. The number of primary amides is 1. The SMILES string of the molecule is CC(C)(O)C1CC(NC[C@@]2(c3ccccc3)Cc3c(cc(F)c(Cl)c3C3=C(C(N)=O)C=CC(C)(OC(F)F)C3F)O2)C1. The van der Waals surface area contributed by atoms with Crippen molar-refractivity contribution in [3.05, 3.63) is 81.7 Å². The zero-order valence-corrected chi connectivity index (χ0v) is 24.2. The Kier molecular flexibility index (Phi) is 7.98. The molecular weight excluding hydrogens is 576 g/mol. The van der Waals surface area contributed by atoms with Gasteiger partial charge in [0.2, 0.25) is 5.91 Å². The van der Waals surface area contributed by atoms with Crippen molar-refractivity contribution in [1.82, 2.24) is 5.32 Å². The van der Waals surface area contributed by atoms with Crippen LogP contribution in [0.1, 0.15) is 50.3 Å². The first-order valence-corrected chi connectivity index (χ1v) is 14.1. The molecule has 226 valence electrons.